The van der Waals surface area contributed by atoms with Crippen LogP contribution in [0.25, 0.3) is 0 Å². The Labute approximate surface area is 756 Å². The van der Waals surface area contributed by atoms with Crippen molar-refractivity contribution in [1.29, 1.82) is 0 Å². The first-order valence-corrected chi connectivity index (χ1v) is 44.1. The maximum Gasteiger partial charge on any atom is 0.304 e. The van der Waals surface area contributed by atoms with Crippen molar-refractivity contribution in [2.24, 2.45) is 59.0 Å². The Morgan fingerprint density at radius 3 is 1.45 bits per heavy atom. The monoisotopic (exact) mass is 1840 g/mol. The van der Waals surface area contributed by atoms with Gasteiger partial charge in [-0.3, -0.25) is 101 Å². The molecule has 1 heterocycles. The number of carbonyl (C=O) groups excluding carboxylic acids is 17. The molecule has 0 spiro atoms. The molecule has 0 radical (unpaired) electrons. The smallest absolute Gasteiger partial charge is 0.304 e. The van der Waals surface area contributed by atoms with Crippen LogP contribution >= 0.6 is 11.8 Å². The summed E-state index contributed by atoms with van der Waals surface area (Å²) in [4.78, 5) is 271. The molecule has 714 valence electrons. The van der Waals surface area contributed by atoms with Crippen LogP contribution in [0, 0.1) is 53.3 Å². The van der Waals surface area contributed by atoms with Gasteiger partial charge in [0, 0.05) is 88.4 Å². The average Bonchev–Trinajstić information content (AvgIpc) is 0.848. The first-order chi connectivity index (χ1) is 61.4. The molecule has 1 aliphatic rings. The predicted octanol–water partition coefficient (Wildman–Crippen LogP) is 1.35. The maximum absolute atomic E-state index is 14.8. The molecule has 0 unspecified atom stereocenters. The molecule has 10 amide bonds. The number of hydrogen-bond donors (Lipinski definition) is 18. The number of imide groups is 1. The molecule has 1 saturated heterocycles. The van der Waals surface area contributed by atoms with E-state index in [1.54, 1.807) is 65.0 Å². The second kappa shape index (κ2) is 56.6. The minimum Gasteiger partial charge on any atom is -0.508 e. The van der Waals surface area contributed by atoms with E-state index in [4.69, 9.17) is 5.73 Å². The normalized spacial score (nSPS) is 15.7. The molecule has 1 aliphatic heterocycles. The zero-order valence-corrected chi connectivity index (χ0v) is 74.8. The summed E-state index contributed by atoms with van der Waals surface area (Å²) in [7, 11) is 0. The molecule has 39 nitrogen and oxygen atoms in total. The molecule has 1 fully saturated rings. The number of nitrogens with one attached hydrogen (secondary N) is 8. The number of allylic oxidation sites excluding steroid dienone is 1. The van der Waals surface area contributed by atoms with Crippen molar-refractivity contribution in [3.05, 3.63) is 108 Å². The van der Waals surface area contributed by atoms with E-state index in [1.165, 1.54) is 48.5 Å². The van der Waals surface area contributed by atoms with Gasteiger partial charge in [-0.15, -0.1) is 0 Å². The number of carboxylic acid groups (broad SMARTS) is 3. The Balaban J connectivity index is 1.54. The quantitative estimate of drug-likeness (QED) is 0.0280. The molecular weight excluding hydrogens is 1720 g/mol. The Hall–Kier alpha value is -11.9. The van der Waals surface area contributed by atoms with E-state index >= 15 is 0 Å². The number of phenols is 2. The summed E-state index contributed by atoms with van der Waals surface area (Å²) in [5.41, 5.74) is 6.74. The number of Topliss-reactive ketones (excluding diaryl/α,β-unsaturated/α-hetero) is 6. The molecule has 19 N–H and O–H groups in total. The van der Waals surface area contributed by atoms with Crippen molar-refractivity contribution in [2.75, 3.05) is 45.1 Å². The molecule has 130 heavy (non-hydrogen) atoms. The number of aliphatic hydroxyl groups excluding tert-OH is 4. The minimum atomic E-state index is -2.00. The molecule has 40 heteroatoms. The summed E-state index contributed by atoms with van der Waals surface area (Å²) in [5, 5.41) is 113. The lowest BCUT2D eigenvalue weighted by Gasteiger charge is -2.28. The number of thioether (sulfide) groups is 1. The SMILES string of the molecule is CC[C@H](C)[C@H](NC(=O)[C@H](CO)CC(=O)[C@H](Cc1ccc(O)cc1)NC(=O)[C@H](CC(=O)O)CC(=O)[C@H](CO)NC(=O)[C@@H](CC(=O)[C@H](Cc1ccccc1)NC(=O)[C@@H](CC(=O)CNC(=O)[C@H](CCC(=O)O)CC(=O)/C=C/C(=O)NCCN1C(=O)CSC1=O)[C@@H](C)O)[C@@H](C)O)C(=O)C[C@@H](Cc1ccc(O)cc1)C(=O)N[C@@H](CC(C)C)C(=O)C[C@@H](CC(=O)O)C(=O)N[C@H](C)CCCCN. The minimum absolute atomic E-state index is 0.0220. The van der Waals surface area contributed by atoms with Gasteiger partial charge in [-0.2, -0.15) is 0 Å². The van der Waals surface area contributed by atoms with Crippen LogP contribution < -0.4 is 48.3 Å². The summed E-state index contributed by atoms with van der Waals surface area (Å²) in [6.45, 7) is 7.75. The van der Waals surface area contributed by atoms with Crippen molar-refractivity contribution in [2.45, 2.75) is 219 Å². The van der Waals surface area contributed by atoms with Crippen LogP contribution in [0.4, 0.5) is 4.79 Å². The predicted molar refractivity (Wildman–Crippen MR) is 468 cm³/mol. The van der Waals surface area contributed by atoms with E-state index in [-0.39, 0.29) is 67.5 Å². The Bertz CT molecular complexity index is 4430. The number of carbonyl (C=O) groups is 20. The first kappa shape index (κ1) is 110. The molecular formula is C90H124N10O29S. The fourth-order valence-corrected chi connectivity index (χ4v) is 15.0. The lowest BCUT2D eigenvalue weighted by atomic mass is 9.85. The van der Waals surface area contributed by atoms with Crippen molar-refractivity contribution >= 4 is 129 Å². The molecule has 3 aromatic carbocycles. The summed E-state index contributed by atoms with van der Waals surface area (Å²) in [6, 6.07) is 10.3. The van der Waals surface area contributed by atoms with Crippen LogP contribution in [0.5, 0.6) is 11.5 Å². The summed E-state index contributed by atoms with van der Waals surface area (Å²) < 4.78 is 0. The van der Waals surface area contributed by atoms with Gasteiger partial charge in [0.25, 0.3) is 5.24 Å². The number of nitrogens with zero attached hydrogens (tertiary/aromatic N) is 1. The van der Waals surface area contributed by atoms with E-state index < -0.39 is 309 Å². The Kier molecular flexibility index (Phi) is 48.1. The fraction of sp³-hybridized carbons (Fsp3) is 0.556. The van der Waals surface area contributed by atoms with Crippen molar-refractivity contribution in [3.8, 4) is 11.5 Å². The molecule has 0 bridgehead atoms. The number of aliphatic hydroxyl groups is 4. The Morgan fingerprint density at radius 1 is 0.469 bits per heavy atom. The van der Waals surface area contributed by atoms with Gasteiger partial charge < -0.3 is 94.2 Å². The van der Waals surface area contributed by atoms with Gasteiger partial charge in [0.05, 0.1) is 104 Å². The number of nitrogens with two attached hydrogens (primary N) is 1. The zero-order chi connectivity index (χ0) is 97.2. The second-order valence-corrected chi connectivity index (χ2v) is 34.2. The summed E-state index contributed by atoms with van der Waals surface area (Å²) in [6.07, 6.45) is -8.99. The fourth-order valence-electron chi connectivity index (χ4n) is 14.3. The van der Waals surface area contributed by atoms with Gasteiger partial charge >= 0.3 is 17.9 Å². The number of ketones is 7. The number of aromatic hydroxyl groups is 2. The number of carboxylic acids is 3. The maximum atomic E-state index is 14.8. The van der Waals surface area contributed by atoms with Crippen LogP contribution in [0.2, 0.25) is 0 Å². The van der Waals surface area contributed by atoms with E-state index in [2.05, 4.69) is 42.5 Å². The van der Waals surface area contributed by atoms with Crippen LogP contribution in [-0.4, -0.2) is 261 Å². The third kappa shape index (κ3) is 39.6. The molecule has 0 saturated carbocycles. The van der Waals surface area contributed by atoms with Gasteiger partial charge in [-0.25, -0.2) is 0 Å². The third-order valence-electron chi connectivity index (χ3n) is 22.0. The van der Waals surface area contributed by atoms with Gasteiger partial charge in [-0.1, -0.05) is 107 Å². The number of benzene rings is 3. The van der Waals surface area contributed by atoms with Gasteiger partial charge in [0.15, 0.2) is 40.5 Å². The second-order valence-electron chi connectivity index (χ2n) is 33.3. The first-order valence-electron chi connectivity index (χ1n) is 43.1. The van der Waals surface area contributed by atoms with Crippen LogP contribution in [0.3, 0.4) is 0 Å². The number of amides is 10. The molecule has 16 atom stereocenters. The van der Waals surface area contributed by atoms with E-state index in [0.717, 1.165) is 42.7 Å². The highest BCUT2D eigenvalue weighted by atomic mass is 32.2. The van der Waals surface area contributed by atoms with Crippen LogP contribution in [-0.2, 0) is 110 Å². The molecule has 4 rings (SSSR count). The highest BCUT2D eigenvalue weighted by Gasteiger charge is 2.41. The highest BCUT2D eigenvalue weighted by Crippen LogP contribution is 2.27. The average molecular weight is 1840 g/mol. The number of aliphatic carboxylic acids is 3. The summed E-state index contributed by atoms with van der Waals surface area (Å²) >= 11 is 0.793. The number of phenolic OH excluding ortho intramolecular Hbond substituents is 2. The number of hydrogen-bond acceptors (Lipinski definition) is 28. The zero-order valence-electron chi connectivity index (χ0n) is 74.0. The molecule has 0 aliphatic carbocycles. The van der Waals surface area contributed by atoms with Crippen molar-refractivity contribution < 1.29 is 142 Å². The van der Waals surface area contributed by atoms with E-state index in [0.29, 0.717) is 36.9 Å². The van der Waals surface area contributed by atoms with Gasteiger partial charge in [0.1, 0.15) is 17.5 Å². The van der Waals surface area contributed by atoms with Crippen LogP contribution in [0.15, 0.2) is 91.0 Å². The lowest BCUT2D eigenvalue weighted by molar-refractivity contribution is -0.143. The largest absolute Gasteiger partial charge is 0.508 e. The number of unbranched alkanes of at least 4 members (excludes halogenated alkanes) is 1. The van der Waals surface area contributed by atoms with Gasteiger partial charge in [0.2, 0.25) is 53.2 Å². The Morgan fingerprint density at radius 2 is 0.946 bits per heavy atom. The molecule has 0 aromatic heterocycles. The number of rotatable bonds is 64. The van der Waals surface area contributed by atoms with Crippen molar-refractivity contribution in [1.82, 2.24) is 47.4 Å². The van der Waals surface area contributed by atoms with E-state index in [1.807, 2.05) is 0 Å². The van der Waals surface area contributed by atoms with Crippen LogP contribution in [0.1, 0.15) is 168 Å². The van der Waals surface area contributed by atoms with Gasteiger partial charge in [-0.05, 0) is 131 Å². The highest BCUT2D eigenvalue weighted by molar-refractivity contribution is 8.14. The molecule has 3 aromatic rings. The summed E-state index contributed by atoms with van der Waals surface area (Å²) in [5.74, 6) is -31.5. The third-order valence-corrected chi connectivity index (χ3v) is 22.9. The standard InChI is InChI=1S/C90H124N10O29S/c1-8-50(4)82(76(113)39-58(33-55-17-22-62(105)23-18-55)85(124)95-68(32-49(2)3)72(109)37-59(41-80(118)119)84(123)94-51(5)14-12-13-29-91)99-87(126)61(46-101)40-73(110)69(35-56-19-24-63(106)25-20-56)96-86(125)60(42-81(120)121)38-74(111)71(47-102)98-89(128)67(53(7)104)44-75(112)70(34-54-15-10-9-11-16-54)97-88(127)66(52(6)103)43-65(108)45-93-83(122)57(21-28-79(116)117)36-64(107)26-27-77(114)92-30-31-100-78(115)48-130-90(100)129/h9-11,15-20,22-27,49-53,57-61,66-71,82,101-106H,8,12-14,21,28-48,91H2,1-7H3,(H,92,114)(H,93,122)(H,94,123)(H,95,124)(H,96,125)(H,97,127)(H,98,128)(H,99,126)(H,116,117)(H,118,119)(H,120,121)/b27-26+/t50-,51+,52+,53+,57+,58+,59-,60-,61-,66-,67-,68-,69-,70-,71-,82-/m0/s1. The van der Waals surface area contributed by atoms with Crippen molar-refractivity contribution in [3.63, 3.8) is 0 Å². The lowest BCUT2D eigenvalue weighted by Crippen LogP contribution is -2.52. The topological polar surface area (TPSA) is 649 Å². The van der Waals surface area contributed by atoms with E-state index in [9.17, 15) is 142 Å².